The number of anilines is 1. The van der Waals surface area contributed by atoms with Crippen LogP contribution in [0.1, 0.15) is 49.0 Å². The highest BCUT2D eigenvalue weighted by Gasteiger charge is 2.47. The Kier molecular flexibility index (Phi) is 5.95. The van der Waals surface area contributed by atoms with Gasteiger partial charge in [0, 0.05) is 31.3 Å². The molecule has 0 bridgehead atoms. The van der Waals surface area contributed by atoms with Gasteiger partial charge in [-0.3, -0.25) is 28.9 Å². The third-order valence-corrected chi connectivity index (χ3v) is 6.46. The van der Waals surface area contributed by atoms with Gasteiger partial charge in [-0.15, -0.1) is 0 Å². The van der Waals surface area contributed by atoms with E-state index in [0.29, 0.717) is 31.4 Å². The third kappa shape index (κ3) is 3.97. The number of imide groups is 1. The van der Waals surface area contributed by atoms with Crippen molar-refractivity contribution in [2.75, 3.05) is 18.0 Å². The molecule has 0 saturated carbocycles. The van der Waals surface area contributed by atoms with Gasteiger partial charge in [0.1, 0.15) is 0 Å². The number of likely N-dealkylation sites (tertiary alicyclic amines) is 1. The van der Waals surface area contributed by atoms with Crippen LogP contribution in [-0.4, -0.2) is 53.6 Å². The summed E-state index contributed by atoms with van der Waals surface area (Å²) in [7, 11) is 0. The van der Waals surface area contributed by atoms with E-state index >= 15 is 0 Å². The Morgan fingerprint density at radius 2 is 1.75 bits per heavy atom. The van der Waals surface area contributed by atoms with Gasteiger partial charge in [-0.25, -0.2) is 0 Å². The molecule has 2 heterocycles. The second-order valence-electron chi connectivity index (χ2n) is 8.49. The van der Waals surface area contributed by atoms with Crippen LogP contribution in [-0.2, 0) is 30.3 Å². The summed E-state index contributed by atoms with van der Waals surface area (Å²) in [4.78, 5) is 64.5. The number of esters is 1. The summed E-state index contributed by atoms with van der Waals surface area (Å²) in [6.07, 6.45) is 4.43. The molecular weight excluding hydrogens is 412 g/mol. The lowest BCUT2D eigenvalue weighted by atomic mass is 9.85. The molecule has 32 heavy (non-hydrogen) atoms. The second-order valence-corrected chi connectivity index (χ2v) is 8.49. The molecule has 1 aliphatic carbocycles. The molecule has 3 atom stereocenters. The molecule has 0 radical (unpaired) electrons. The predicted molar refractivity (Wildman–Crippen MR) is 115 cm³/mol. The van der Waals surface area contributed by atoms with Crippen molar-refractivity contribution in [1.29, 1.82) is 0 Å². The Labute approximate surface area is 186 Å². The average Bonchev–Trinajstić information content (AvgIpc) is 3.31. The number of rotatable bonds is 6. The van der Waals surface area contributed by atoms with Crippen molar-refractivity contribution in [3.8, 4) is 0 Å². The summed E-state index contributed by atoms with van der Waals surface area (Å²) in [6.45, 7) is 3.55. The number of carbonyl (C=O) groups excluding carboxylic acids is 5. The first-order valence-corrected chi connectivity index (χ1v) is 10.9. The van der Waals surface area contributed by atoms with Crippen LogP contribution in [0.3, 0.4) is 0 Å². The number of benzene rings is 1. The monoisotopic (exact) mass is 438 g/mol. The van der Waals surface area contributed by atoms with E-state index < -0.39 is 12.1 Å². The number of amides is 3. The van der Waals surface area contributed by atoms with Gasteiger partial charge in [0.25, 0.3) is 0 Å². The number of hydrogen-bond donors (Lipinski definition) is 0. The SMILES string of the molecule is CC(=O)N1CCc2cc(C(=O)[C@H](C)OC(=O)CCN3C(=O)[C@H]4CC=CC[C@H]4C3=O)ccc21. The number of hydrogen-bond acceptors (Lipinski definition) is 6. The Morgan fingerprint density at radius 3 is 2.38 bits per heavy atom. The number of Topliss-reactive ketones (excluding diaryl/α,β-unsaturated/α-hetero) is 1. The number of fused-ring (bicyclic) bond motifs is 2. The van der Waals surface area contributed by atoms with Crippen molar-refractivity contribution in [2.45, 2.75) is 45.6 Å². The Balaban J connectivity index is 1.32. The van der Waals surface area contributed by atoms with Gasteiger partial charge in [0.2, 0.25) is 23.5 Å². The van der Waals surface area contributed by atoms with Crippen molar-refractivity contribution >= 4 is 35.2 Å². The highest BCUT2D eigenvalue weighted by Crippen LogP contribution is 2.35. The summed E-state index contributed by atoms with van der Waals surface area (Å²) < 4.78 is 5.28. The van der Waals surface area contributed by atoms with E-state index in [9.17, 15) is 24.0 Å². The Hall–Kier alpha value is -3.29. The predicted octanol–water partition coefficient (Wildman–Crippen LogP) is 2.05. The first-order valence-electron chi connectivity index (χ1n) is 10.9. The lowest BCUT2D eigenvalue weighted by molar-refractivity contribution is -0.148. The highest BCUT2D eigenvalue weighted by atomic mass is 16.5. The van der Waals surface area contributed by atoms with Gasteiger partial charge in [0.05, 0.1) is 18.3 Å². The van der Waals surface area contributed by atoms with Crippen LogP contribution in [0.25, 0.3) is 0 Å². The fourth-order valence-electron chi connectivity index (χ4n) is 4.72. The molecule has 0 N–H and O–H groups in total. The molecule has 4 rings (SSSR count). The number of ether oxygens (including phenoxy) is 1. The maximum absolute atomic E-state index is 12.7. The molecule has 0 spiro atoms. The zero-order chi connectivity index (χ0) is 23.0. The topological polar surface area (TPSA) is 101 Å². The van der Waals surface area contributed by atoms with Crippen LogP contribution >= 0.6 is 0 Å². The van der Waals surface area contributed by atoms with E-state index in [-0.39, 0.29) is 48.3 Å². The van der Waals surface area contributed by atoms with Gasteiger partial charge >= 0.3 is 5.97 Å². The Morgan fingerprint density at radius 1 is 1.09 bits per heavy atom. The number of nitrogens with zero attached hydrogens (tertiary/aromatic N) is 2. The van der Waals surface area contributed by atoms with E-state index in [1.54, 1.807) is 23.1 Å². The maximum Gasteiger partial charge on any atom is 0.308 e. The van der Waals surface area contributed by atoms with Gasteiger partial charge in [0.15, 0.2) is 6.10 Å². The average molecular weight is 438 g/mol. The maximum atomic E-state index is 12.7. The van der Waals surface area contributed by atoms with Gasteiger partial charge in [-0.2, -0.15) is 0 Å². The number of carbonyl (C=O) groups is 5. The van der Waals surface area contributed by atoms with Crippen molar-refractivity contribution in [2.24, 2.45) is 11.8 Å². The molecule has 1 aromatic carbocycles. The molecule has 1 aromatic rings. The normalized spacial score (nSPS) is 22.6. The summed E-state index contributed by atoms with van der Waals surface area (Å²) in [5.41, 5.74) is 2.12. The fraction of sp³-hybridized carbons (Fsp3) is 0.458. The molecule has 168 valence electrons. The molecule has 2 aliphatic heterocycles. The molecule has 3 amide bonds. The van der Waals surface area contributed by atoms with E-state index in [1.807, 2.05) is 12.2 Å². The van der Waals surface area contributed by atoms with E-state index in [4.69, 9.17) is 4.74 Å². The van der Waals surface area contributed by atoms with Gasteiger partial charge in [-0.1, -0.05) is 12.2 Å². The first kappa shape index (κ1) is 21.9. The first-order chi connectivity index (χ1) is 15.3. The van der Waals surface area contributed by atoms with Crippen molar-refractivity contribution < 1.29 is 28.7 Å². The van der Waals surface area contributed by atoms with Crippen LogP contribution in [0, 0.1) is 11.8 Å². The number of ketones is 1. The lowest BCUT2D eigenvalue weighted by Crippen LogP contribution is -2.34. The summed E-state index contributed by atoms with van der Waals surface area (Å²) in [5, 5.41) is 0. The van der Waals surface area contributed by atoms with Crippen molar-refractivity contribution in [1.82, 2.24) is 4.90 Å². The molecule has 8 heteroatoms. The molecule has 3 aliphatic rings. The molecular formula is C24H26N2O6. The van der Waals surface area contributed by atoms with Crippen molar-refractivity contribution in [3.05, 3.63) is 41.5 Å². The van der Waals surface area contributed by atoms with Crippen LogP contribution in [0.4, 0.5) is 5.69 Å². The third-order valence-electron chi connectivity index (χ3n) is 6.46. The van der Waals surface area contributed by atoms with Gasteiger partial charge in [-0.05, 0) is 49.9 Å². The number of allylic oxidation sites excluding steroid dienone is 2. The summed E-state index contributed by atoms with van der Waals surface area (Å²) in [6, 6.07) is 5.11. The van der Waals surface area contributed by atoms with Crippen LogP contribution < -0.4 is 4.90 Å². The highest BCUT2D eigenvalue weighted by molar-refractivity contribution is 6.05. The molecule has 1 fully saturated rings. The molecule has 0 unspecified atom stereocenters. The van der Waals surface area contributed by atoms with E-state index in [1.165, 1.54) is 13.8 Å². The summed E-state index contributed by atoms with van der Waals surface area (Å²) >= 11 is 0. The zero-order valence-corrected chi connectivity index (χ0v) is 18.2. The van der Waals surface area contributed by atoms with Crippen molar-refractivity contribution in [3.63, 3.8) is 0 Å². The van der Waals surface area contributed by atoms with E-state index in [2.05, 4.69) is 0 Å². The second kappa shape index (κ2) is 8.68. The fourth-order valence-corrected chi connectivity index (χ4v) is 4.72. The minimum Gasteiger partial charge on any atom is -0.454 e. The molecule has 1 saturated heterocycles. The Bertz CT molecular complexity index is 1000. The molecule has 8 nitrogen and oxygen atoms in total. The molecule has 0 aromatic heterocycles. The zero-order valence-electron chi connectivity index (χ0n) is 18.2. The van der Waals surface area contributed by atoms with Crippen LogP contribution in [0.2, 0.25) is 0 Å². The van der Waals surface area contributed by atoms with E-state index in [0.717, 1.165) is 16.2 Å². The lowest BCUT2D eigenvalue weighted by Gasteiger charge is -2.17. The van der Waals surface area contributed by atoms with Crippen LogP contribution in [0.15, 0.2) is 30.4 Å². The van der Waals surface area contributed by atoms with Gasteiger partial charge < -0.3 is 9.64 Å². The summed E-state index contributed by atoms with van der Waals surface area (Å²) in [5.74, 6) is -2.16. The standard InChI is InChI=1S/C24H26N2O6/c1-14(22(29)17-7-8-20-16(13-17)9-11-25(20)15(2)27)32-21(28)10-12-26-23(30)18-5-3-4-6-19(18)24(26)31/h3-4,7-8,13-14,18-19H,5-6,9-12H2,1-2H3/t14-,18-,19+/m0/s1. The minimum absolute atomic E-state index is 0.0376. The largest absolute Gasteiger partial charge is 0.454 e. The quantitative estimate of drug-likeness (QED) is 0.292. The smallest absolute Gasteiger partial charge is 0.308 e. The van der Waals surface area contributed by atoms with Crippen LogP contribution in [0.5, 0.6) is 0 Å². The minimum atomic E-state index is -0.998.